The summed E-state index contributed by atoms with van der Waals surface area (Å²) in [6, 6.07) is 12.3. The number of hydrogen-bond donors (Lipinski definition) is 0. The molecule has 1 fully saturated rings. The van der Waals surface area contributed by atoms with Crippen LogP contribution in [0.1, 0.15) is 18.4 Å². The van der Waals surface area contributed by atoms with Crippen molar-refractivity contribution in [3.8, 4) is 10.7 Å². The van der Waals surface area contributed by atoms with Gasteiger partial charge in [0.05, 0.1) is 23.3 Å². The molecule has 1 atom stereocenters. The number of nitrogens with zero attached hydrogens (tertiary/aromatic N) is 5. The SMILES string of the molecule is CN(Cc1ccc(N(C)C)cc1)C(=O)CSc1nnc(-c2cccs2)n1CC1CCCO1. The minimum Gasteiger partial charge on any atom is -0.378 e. The van der Waals surface area contributed by atoms with Crippen LogP contribution in [0.5, 0.6) is 0 Å². The molecule has 0 spiro atoms. The molecule has 32 heavy (non-hydrogen) atoms. The van der Waals surface area contributed by atoms with Crippen molar-refractivity contribution in [2.45, 2.75) is 37.2 Å². The highest BCUT2D eigenvalue weighted by atomic mass is 32.2. The highest BCUT2D eigenvalue weighted by molar-refractivity contribution is 7.99. The third-order valence-electron chi connectivity index (χ3n) is 5.49. The number of aromatic nitrogens is 3. The highest BCUT2D eigenvalue weighted by Crippen LogP contribution is 2.29. The molecular weight excluding hydrogens is 442 g/mol. The molecule has 0 saturated carbocycles. The number of thioether (sulfide) groups is 1. The maximum atomic E-state index is 12.8. The Balaban J connectivity index is 1.40. The molecule has 1 aliphatic rings. The zero-order chi connectivity index (χ0) is 22.5. The Bertz CT molecular complexity index is 1010. The molecule has 170 valence electrons. The Morgan fingerprint density at radius 2 is 2.03 bits per heavy atom. The zero-order valence-electron chi connectivity index (χ0n) is 18.7. The molecule has 0 radical (unpaired) electrons. The number of anilines is 1. The number of hydrogen-bond acceptors (Lipinski definition) is 7. The molecular formula is C23H29N5O2S2. The van der Waals surface area contributed by atoms with Gasteiger partial charge < -0.3 is 14.5 Å². The molecule has 3 heterocycles. The van der Waals surface area contributed by atoms with Crippen molar-refractivity contribution in [3.05, 3.63) is 47.3 Å². The van der Waals surface area contributed by atoms with Gasteiger partial charge in [0.1, 0.15) is 0 Å². The fourth-order valence-electron chi connectivity index (χ4n) is 3.64. The van der Waals surface area contributed by atoms with Crippen LogP contribution >= 0.6 is 23.1 Å². The van der Waals surface area contributed by atoms with E-state index in [-0.39, 0.29) is 12.0 Å². The van der Waals surface area contributed by atoms with Crippen molar-refractivity contribution in [2.75, 3.05) is 38.4 Å². The first-order valence-electron chi connectivity index (χ1n) is 10.7. The van der Waals surface area contributed by atoms with Crippen LogP contribution in [-0.2, 0) is 22.6 Å². The van der Waals surface area contributed by atoms with E-state index in [1.807, 2.05) is 32.6 Å². The molecule has 1 saturated heterocycles. The first kappa shape index (κ1) is 22.8. The molecule has 1 aromatic carbocycles. The molecule has 0 aliphatic carbocycles. The van der Waals surface area contributed by atoms with Crippen molar-refractivity contribution in [3.63, 3.8) is 0 Å². The summed E-state index contributed by atoms with van der Waals surface area (Å²) in [6.07, 6.45) is 2.30. The lowest BCUT2D eigenvalue weighted by molar-refractivity contribution is -0.127. The predicted molar refractivity (Wildman–Crippen MR) is 130 cm³/mol. The summed E-state index contributed by atoms with van der Waals surface area (Å²) in [5, 5.41) is 11.6. The fourth-order valence-corrected chi connectivity index (χ4v) is 5.24. The van der Waals surface area contributed by atoms with Gasteiger partial charge in [0.2, 0.25) is 5.91 Å². The second kappa shape index (κ2) is 10.5. The van der Waals surface area contributed by atoms with Crippen LogP contribution in [0.25, 0.3) is 10.7 Å². The second-order valence-corrected chi connectivity index (χ2v) is 10.0. The number of amides is 1. The molecule has 0 N–H and O–H groups in total. The number of thiophene rings is 1. The van der Waals surface area contributed by atoms with E-state index < -0.39 is 0 Å². The van der Waals surface area contributed by atoms with Crippen molar-refractivity contribution in [1.82, 2.24) is 19.7 Å². The topological polar surface area (TPSA) is 63.5 Å². The van der Waals surface area contributed by atoms with Gasteiger partial charge in [-0.25, -0.2) is 0 Å². The van der Waals surface area contributed by atoms with Crippen LogP contribution in [0.15, 0.2) is 46.9 Å². The van der Waals surface area contributed by atoms with Crippen LogP contribution in [0.3, 0.4) is 0 Å². The van der Waals surface area contributed by atoms with Gasteiger partial charge in [-0.05, 0) is 42.0 Å². The van der Waals surface area contributed by atoms with Crippen LogP contribution in [-0.4, -0.2) is 65.2 Å². The van der Waals surface area contributed by atoms with E-state index in [9.17, 15) is 4.79 Å². The number of ether oxygens (including phenoxy) is 1. The largest absolute Gasteiger partial charge is 0.378 e. The van der Waals surface area contributed by atoms with Gasteiger partial charge in [0, 0.05) is 40.0 Å². The Kier molecular flexibility index (Phi) is 7.49. The minimum atomic E-state index is 0.0658. The Labute approximate surface area is 197 Å². The van der Waals surface area contributed by atoms with Crippen molar-refractivity contribution < 1.29 is 9.53 Å². The highest BCUT2D eigenvalue weighted by Gasteiger charge is 2.23. The number of benzene rings is 1. The summed E-state index contributed by atoms with van der Waals surface area (Å²) in [5.74, 6) is 1.23. The Morgan fingerprint density at radius 1 is 1.22 bits per heavy atom. The van der Waals surface area contributed by atoms with Gasteiger partial charge in [-0.2, -0.15) is 0 Å². The lowest BCUT2D eigenvalue weighted by Gasteiger charge is -2.19. The molecule has 1 unspecified atom stereocenters. The molecule has 7 nitrogen and oxygen atoms in total. The molecule has 9 heteroatoms. The predicted octanol–water partition coefficient (Wildman–Crippen LogP) is 4.00. The fraction of sp³-hybridized carbons (Fsp3) is 0.435. The van der Waals surface area contributed by atoms with Crippen molar-refractivity contribution >= 4 is 34.7 Å². The number of rotatable bonds is 9. The van der Waals surface area contributed by atoms with E-state index in [4.69, 9.17) is 4.74 Å². The van der Waals surface area contributed by atoms with Gasteiger partial charge >= 0.3 is 0 Å². The summed E-state index contributed by atoms with van der Waals surface area (Å²) >= 11 is 3.09. The van der Waals surface area contributed by atoms with Gasteiger partial charge in [-0.3, -0.25) is 9.36 Å². The lowest BCUT2D eigenvalue weighted by atomic mass is 10.2. The van der Waals surface area contributed by atoms with E-state index in [2.05, 4.69) is 50.0 Å². The van der Waals surface area contributed by atoms with E-state index in [1.165, 1.54) is 11.8 Å². The maximum Gasteiger partial charge on any atom is 0.233 e. The number of carbonyl (C=O) groups is 1. The second-order valence-electron chi connectivity index (χ2n) is 8.13. The van der Waals surface area contributed by atoms with Crippen LogP contribution in [0.4, 0.5) is 5.69 Å². The summed E-state index contributed by atoms with van der Waals surface area (Å²) in [6.45, 7) is 2.10. The van der Waals surface area contributed by atoms with Crippen LogP contribution in [0.2, 0.25) is 0 Å². The first-order valence-corrected chi connectivity index (χ1v) is 12.6. The van der Waals surface area contributed by atoms with Gasteiger partial charge in [0.25, 0.3) is 0 Å². The zero-order valence-corrected chi connectivity index (χ0v) is 20.4. The van der Waals surface area contributed by atoms with Crippen LogP contribution in [0, 0.1) is 0 Å². The van der Waals surface area contributed by atoms with Crippen molar-refractivity contribution in [2.24, 2.45) is 0 Å². The monoisotopic (exact) mass is 471 g/mol. The Morgan fingerprint density at radius 3 is 2.69 bits per heavy atom. The van der Waals surface area contributed by atoms with E-state index in [1.54, 1.807) is 16.2 Å². The third kappa shape index (κ3) is 5.51. The quantitative estimate of drug-likeness (QED) is 0.440. The summed E-state index contributed by atoms with van der Waals surface area (Å²) in [7, 11) is 5.88. The standard InChI is InChI=1S/C23H29N5O2S2/c1-26(2)18-10-8-17(9-11-18)14-27(3)21(29)16-32-23-25-24-22(20-7-5-13-31-20)28(23)15-19-6-4-12-30-19/h5,7-11,13,19H,4,6,12,14-16H2,1-3H3. The molecule has 0 bridgehead atoms. The van der Waals surface area contributed by atoms with Crippen molar-refractivity contribution in [1.29, 1.82) is 0 Å². The summed E-state index contributed by atoms with van der Waals surface area (Å²) in [5.41, 5.74) is 2.25. The average molecular weight is 472 g/mol. The molecule has 1 aliphatic heterocycles. The molecule has 4 rings (SSSR count). The Hall–Kier alpha value is -2.36. The maximum absolute atomic E-state index is 12.8. The van der Waals surface area contributed by atoms with Crippen LogP contribution < -0.4 is 4.90 Å². The molecule has 2 aromatic heterocycles. The first-order chi connectivity index (χ1) is 15.5. The van der Waals surface area contributed by atoms with E-state index in [0.29, 0.717) is 18.8 Å². The number of carbonyl (C=O) groups excluding carboxylic acids is 1. The average Bonchev–Trinajstić information content (AvgIpc) is 3.55. The van der Waals surface area contributed by atoms with E-state index in [0.717, 1.165) is 46.6 Å². The minimum absolute atomic E-state index is 0.0658. The normalized spacial score (nSPS) is 15.8. The third-order valence-corrected chi connectivity index (χ3v) is 7.31. The smallest absolute Gasteiger partial charge is 0.233 e. The van der Waals surface area contributed by atoms with Gasteiger partial charge in [-0.1, -0.05) is 30.0 Å². The molecule has 1 amide bonds. The lowest BCUT2D eigenvalue weighted by Crippen LogP contribution is -2.28. The van der Waals surface area contributed by atoms with Gasteiger partial charge in [-0.15, -0.1) is 21.5 Å². The molecule has 3 aromatic rings. The summed E-state index contributed by atoms with van der Waals surface area (Å²) in [4.78, 5) is 17.7. The van der Waals surface area contributed by atoms with E-state index >= 15 is 0 Å². The van der Waals surface area contributed by atoms with Gasteiger partial charge in [0.15, 0.2) is 11.0 Å². The summed E-state index contributed by atoms with van der Waals surface area (Å²) < 4.78 is 7.96.